The number of ether oxygens (including phenoxy) is 3. The first kappa shape index (κ1) is 50.8. The molecule has 8 rings (SSSR count). The minimum atomic E-state index is -1.11. The number of nitrogens with zero attached hydrogens (tertiary/aromatic N) is 7. The number of cyclic esters (lactones) is 1. The number of carbonyl (C=O) groups excluding carboxylic acids is 5. The SMILES string of the molecule is CCn1c(-c2cccnc2C(C)C)c2c3cc(ccc31)-c1csc(n1)C[C@H](NC(=O)[C@H](C(C)C)N(C)C(=O)N1CCCOC13CN(C(=O)OC(C)(C)C)C3)C(=O)N1CCC[C@H](N1)C(=O)OCC(C)(C)C2. The van der Waals surface area contributed by atoms with Gasteiger partial charge in [0.1, 0.15) is 23.7 Å². The first-order valence-corrected chi connectivity index (χ1v) is 25.7. The molecule has 4 aliphatic heterocycles. The van der Waals surface area contributed by atoms with Crippen LogP contribution in [0.3, 0.4) is 0 Å². The van der Waals surface area contributed by atoms with Crippen LogP contribution in [0.25, 0.3) is 33.4 Å². The molecule has 0 radical (unpaired) electrons. The van der Waals surface area contributed by atoms with E-state index in [1.54, 1.807) is 32.7 Å². The predicted octanol–water partition coefficient (Wildman–Crippen LogP) is 7.36. The van der Waals surface area contributed by atoms with Crippen LogP contribution in [0, 0.1) is 11.3 Å². The number of nitrogens with one attached hydrogen (secondary N) is 2. The van der Waals surface area contributed by atoms with Gasteiger partial charge >= 0.3 is 18.1 Å². The normalized spacial score (nSPS) is 21.1. The average molecular weight is 982 g/mol. The summed E-state index contributed by atoms with van der Waals surface area (Å²) in [6.07, 6.45) is 3.61. The summed E-state index contributed by atoms with van der Waals surface area (Å²) in [6, 6.07) is 7.23. The van der Waals surface area contributed by atoms with Gasteiger partial charge in [0.25, 0.3) is 5.91 Å². The Bertz CT molecular complexity index is 2630. The number of hydrogen-bond donors (Lipinski definition) is 2. The summed E-state index contributed by atoms with van der Waals surface area (Å²) < 4.78 is 20.3. The lowest BCUT2D eigenvalue weighted by Gasteiger charge is -2.57. The lowest BCUT2D eigenvalue weighted by molar-refractivity contribution is -0.230. The predicted molar refractivity (Wildman–Crippen MR) is 268 cm³/mol. The monoisotopic (exact) mass is 982 g/mol. The topological polar surface area (TPSA) is 181 Å². The van der Waals surface area contributed by atoms with Crippen molar-refractivity contribution in [3.8, 4) is 22.5 Å². The van der Waals surface area contributed by atoms with Gasteiger partial charge in [-0.3, -0.25) is 34.2 Å². The zero-order chi connectivity index (χ0) is 50.4. The van der Waals surface area contributed by atoms with Crippen LogP contribution in [-0.4, -0.2) is 140 Å². The number of benzene rings is 1. The third kappa shape index (κ3) is 10.3. The van der Waals surface area contributed by atoms with Crippen LogP contribution >= 0.6 is 11.3 Å². The van der Waals surface area contributed by atoms with Crippen molar-refractivity contribution in [1.29, 1.82) is 0 Å². The Labute approximate surface area is 415 Å². The highest BCUT2D eigenvalue weighted by molar-refractivity contribution is 7.10. The Hall–Kier alpha value is -5.59. The Morgan fingerprint density at radius 1 is 1.07 bits per heavy atom. The minimum Gasteiger partial charge on any atom is -0.464 e. The van der Waals surface area contributed by atoms with E-state index in [1.165, 1.54) is 26.1 Å². The number of esters is 1. The maximum absolute atomic E-state index is 14.8. The summed E-state index contributed by atoms with van der Waals surface area (Å²) in [7, 11) is 1.58. The highest BCUT2D eigenvalue weighted by atomic mass is 32.1. The molecular formula is C52H71N9O8S. The number of hydrogen-bond acceptors (Lipinski definition) is 12. The number of carbonyl (C=O) groups is 5. The fourth-order valence-electron chi connectivity index (χ4n) is 10.4. The van der Waals surface area contributed by atoms with Crippen LogP contribution in [0.15, 0.2) is 41.9 Å². The second kappa shape index (κ2) is 19.9. The second-order valence-corrected chi connectivity index (χ2v) is 22.7. The molecule has 2 N–H and O–H groups in total. The summed E-state index contributed by atoms with van der Waals surface area (Å²) in [4.78, 5) is 85.4. The number of thiazole rings is 1. The van der Waals surface area contributed by atoms with Crippen molar-refractivity contribution in [3.05, 3.63) is 58.2 Å². The molecule has 4 aromatic rings. The lowest BCUT2D eigenvalue weighted by atomic mass is 9.84. The number of likely N-dealkylation sites (N-methyl/N-ethyl adjacent to an activating group) is 1. The Kier molecular flexibility index (Phi) is 14.4. The molecule has 3 aromatic heterocycles. The molecule has 378 valence electrons. The van der Waals surface area contributed by atoms with Gasteiger partial charge in [0.2, 0.25) is 5.91 Å². The van der Waals surface area contributed by atoms with E-state index in [1.807, 2.05) is 31.5 Å². The molecule has 0 saturated carbocycles. The molecule has 70 heavy (non-hydrogen) atoms. The molecule has 1 aromatic carbocycles. The van der Waals surface area contributed by atoms with Crippen molar-refractivity contribution >= 4 is 52.1 Å². The van der Waals surface area contributed by atoms with Crippen LogP contribution in [0.5, 0.6) is 0 Å². The van der Waals surface area contributed by atoms with Crippen LogP contribution in [0.4, 0.5) is 9.59 Å². The van der Waals surface area contributed by atoms with Crippen molar-refractivity contribution < 1.29 is 38.2 Å². The van der Waals surface area contributed by atoms with Crippen molar-refractivity contribution in [2.45, 2.75) is 143 Å². The number of hydrazine groups is 1. The molecular weight excluding hydrogens is 911 g/mol. The van der Waals surface area contributed by atoms with Crippen molar-refractivity contribution in [2.75, 3.05) is 46.4 Å². The van der Waals surface area contributed by atoms with Crippen LogP contribution in [0.2, 0.25) is 0 Å². The largest absolute Gasteiger partial charge is 0.464 e. The average Bonchev–Trinajstić information content (AvgIpc) is 3.89. The van der Waals surface area contributed by atoms with Crippen LogP contribution < -0.4 is 10.7 Å². The lowest BCUT2D eigenvalue weighted by Crippen LogP contribution is -2.76. The number of pyridine rings is 1. The molecule has 1 spiro atoms. The van der Waals surface area contributed by atoms with E-state index in [2.05, 4.69) is 74.2 Å². The van der Waals surface area contributed by atoms with Gasteiger partial charge < -0.3 is 29.0 Å². The van der Waals surface area contributed by atoms with E-state index in [0.29, 0.717) is 50.4 Å². The highest BCUT2D eigenvalue weighted by Crippen LogP contribution is 2.42. The van der Waals surface area contributed by atoms with E-state index in [9.17, 15) is 24.0 Å². The Morgan fingerprint density at radius 3 is 2.53 bits per heavy atom. The van der Waals surface area contributed by atoms with Crippen LogP contribution in [-0.2, 0) is 48.0 Å². The number of rotatable bonds is 7. The Morgan fingerprint density at radius 2 is 1.83 bits per heavy atom. The molecule has 3 atom stereocenters. The standard InChI is InChI=1S/C52H71N9O8S/c1-12-59-40-19-18-33-24-35(40)36(44(59)34-16-13-20-53-42(34)31(2)3)26-51(9,10)30-67-47(64)37-17-14-22-61(56-37)46(63)38(25-41-54-39(33)27-70-41)55-45(62)43(32(4)5)57(11)48(65)60-21-15-23-68-52(60)28-58(29-52)49(66)69-50(6,7)8/h13,16,18-20,24,27,31-32,37-38,43,56H,12,14-15,17,21-23,25-26,28-30H2,1-11H3,(H,55,62)/t37-,38-,43-/m0/s1. The molecule has 6 bridgehead atoms. The maximum Gasteiger partial charge on any atom is 0.410 e. The second-order valence-electron chi connectivity index (χ2n) is 21.8. The van der Waals surface area contributed by atoms with Gasteiger partial charge in [-0.2, -0.15) is 0 Å². The molecule has 3 saturated heterocycles. The third-order valence-electron chi connectivity index (χ3n) is 13.7. The number of aromatic nitrogens is 3. The van der Waals surface area contributed by atoms with Gasteiger partial charge in [-0.1, -0.05) is 47.6 Å². The van der Waals surface area contributed by atoms with Gasteiger partial charge in [0.05, 0.1) is 48.4 Å². The number of fused-ring (bicyclic) bond motifs is 6. The van der Waals surface area contributed by atoms with Gasteiger partial charge in [0.15, 0.2) is 5.72 Å². The van der Waals surface area contributed by atoms with E-state index in [-0.39, 0.29) is 38.0 Å². The fourth-order valence-corrected chi connectivity index (χ4v) is 11.2. The maximum atomic E-state index is 14.8. The summed E-state index contributed by atoms with van der Waals surface area (Å²) in [5, 5.41) is 8.16. The summed E-state index contributed by atoms with van der Waals surface area (Å²) in [6.45, 7) is 22.0. The molecule has 5 amide bonds. The first-order chi connectivity index (χ1) is 33.1. The smallest absolute Gasteiger partial charge is 0.410 e. The highest BCUT2D eigenvalue weighted by Gasteiger charge is 2.56. The zero-order valence-corrected chi connectivity index (χ0v) is 43.5. The van der Waals surface area contributed by atoms with Crippen molar-refractivity contribution in [3.63, 3.8) is 0 Å². The van der Waals surface area contributed by atoms with Crippen molar-refractivity contribution in [1.82, 2.24) is 45.0 Å². The molecule has 0 unspecified atom stereocenters. The molecule has 7 heterocycles. The van der Waals surface area contributed by atoms with Crippen LogP contribution in [0.1, 0.15) is 111 Å². The number of amides is 5. The van der Waals surface area contributed by atoms with Gasteiger partial charge in [-0.15, -0.1) is 11.3 Å². The quantitative estimate of drug-likeness (QED) is 0.177. The van der Waals surface area contributed by atoms with E-state index < -0.39 is 64.8 Å². The van der Waals surface area contributed by atoms with E-state index >= 15 is 0 Å². The first-order valence-electron chi connectivity index (χ1n) is 24.9. The number of aryl methyl sites for hydroxylation is 1. The number of likely N-dealkylation sites (tertiary alicyclic amines) is 1. The van der Waals surface area contributed by atoms with Crippen molar-refractivity contribution in [2.24, 2.45) is 11.3 Å². The molecule has 18 heteroatoms. The van der Waals surface area contributed by atoms with Gasteiger partial charge in [0, 0.05) is 72.1 Å². The Balaban J connectivity index is 1.12. The molecule has 0 aliphatic carbocycles. The molecule has 4 aliphatic rings. The zero-order valence-electron chi connectivity index (χ0n) is 42.7. The third-order valence-corrected chi connectivity index (χ3v) is 14.6. The molecule has 3 fully saturated rings. The van der Waals surface area contributed by atoms with Gasteiger partial charge in [-0.25, -0.2) is 20.0 Å². The summed E-state index contributed by atoms with van der Waals surface area (Å²) in [5.74, 6) is -1.59. The summed E-state index contributed by atoms with van der Waals surface area (Å²) >= 11 is 1.41. The van der Waals surface area contributed by atoms with E-state index in [4.69, 9.17) is 24.2 Å². The minimum absolute atomic E-state index is 0.0611. The number of urea groups is 1. The van der Waals surface area contributed by atoms with E-state index in [0.717, 1.165) is 51.2 Å². The molecule has 17 nitrogen and oxygen atoms in total. The van der Waals surface area contributed by atoms with Gasteiger partial charge in [-0.05, 0) is 95.0 Å². The fraction of sp³-hybridized carbons (Fsp3) is 0.596. The summed E-state index contributed by atoms with van der Waals surface area (Å²) in [5.41, 5.74) is 7.98.